The first-order valence-electron chi connectivity index (χ1n) is 24.8. The number of hydrogen-bond acceptors (Lipinski definition) is 6. The molecule has 0 aromatic heterocycles. The monoisotopic (exact) mass is 881 g/mol. The van der Waals surface area contributed by atoms with Gasteiger partial charge in [-0.25, -0.2) is 0 Å². The van der Waals surface area contributed by atoms with Gasteiger partial charge in [-0.2, -0.15) is 0 Å². The zero-order valence-electron chi connectivity index (χ0n) is 40.5. The fourth-order valence-corrected chi connectivity index (χ4v) is 5.93. The lowest BCUT2D eigenvalue weighted by Gasteiger charge is -2.18. The van der Waals surface area contributed by atoms with Crippen LogP contribution in [0.25, 0.3) is 0 Å². The molecule has 0 N–H and O–H groups in total. The van der Waals surface area contributed by atoms with E-state index in [-0.39, 0.29) is 44.4 Å². The maximum atomic E-state index is 12.7. The highest BCUT2D eigenvalue weighted by atomic mass is 16.6. The smallest absolute Gasteiger partial charge is 0.306 e. The summed E-state index contributed by atoms with van der Waals surface area (Å²) >= 11 is 0. The fourth-order valence-electron chi connectivity index (χ4n) is 5.93. The average Bonchev–Trinajstić information content (AvgIpc) is 3.29. The van der Waals surface area contributed by atoms with Crippen molar-refractivity contribution in [2.75, 3.05) is 13.2 Å². The van der Waals surface area contributed by atoms with Crippen molar-refractivity contribution in [2.45, 2.75) is 187 Å². The summed E-state index contributed by atoms with van der Waals surface area (Å²) in [5, 5.41) is 0. The number of ether oxygens (including phenoxy) is 3. The number of allylic oxidation sites excluding steroid dienone is 24. The van der Waals surface area contributed by atoms with E-state index in [1.54, 1.807) is 0 Å². The summed E-state index contributed by atoms with van der Waals surface area (Å²) < 4.78 is 16.6. The van der Waals surface area contributed by atoms with E-state index in [9.17, 15) is 14.4 Å². The molecule has 356 valence electrons. The van der Waals surface area contributed by atoms with Gasteiger partial charge in [0.1, 0.15) is 13.2 Å². The lowest BCUT2D eigenvalue weighted by Crippen LogP contribution is -2.30. The van der Waals surface area contributed by atoms with E-state index in [1.165, 1.54) is 38.5 Å². The Morgan fingerprint density at radius 2 is 0.641 bits per heavy atom. The molecule has 0 saturated carbocycles. The molecule has 6 heteroatoms. The number of carbonyl (C=O) groups is 3. The van der Waals surface area contributed by atoms with Crippen LogP contribution in [0.1, 0.15) is 181 Å². The highest BCUT2D eigenvalue weighted by molar-refractivity contribution is 5.71. The van der Waals surface area contributed by atoms with E-state index < -0.39 is 12.1 Å². The highest BCUT2D eigenvalue weighted by Gasteiger charge is 2.19. The standard InChI is InChI=1S/C58H88O6/c1-4-7-10-13-16-19-22-25-27-29-31-33-36-39-42-45-48-51-57(60)63-54-55(53-62-56(59)50-47-44-41-38-35-32-24-21-18-15-12-9-6-3)64-58(61)52-49-46-43-40-37-34-30-28-26-23-20-17-14-11-8-5-2/h7-8,10-11,16-17,19-20,25-28,31-35,37,39,41-44,46,55H,4-6,9,12-15,18,21-24,29-30,36,38,40,45,47-54H2,1-3H3/b10-7-,11-8-,19-16-,20-17-,27-25-,28-26-,33-31-,35-32-,37-34-,42-39-,44-41-,46-43-. The van der Waals surface area contributed by atoms with Crippen LogP contribution in [0, 0.1) is 0 Å². The SMILES string of the molecule is CC/C=C\C/C=C\C/C=C\C/C=C\C/C=C\CCCC(=O)OCC(COC(=O)CC/C=C\C/C=C\CCCCCCCC)OC(=O)CC/C=C\C/C=C\C/C=C\C/C=C\C/C=C\CC. The van der Waals surface area contributed by atoms with Gasteiger partial charge in [0.05, 0.1) is 0 Å². The summed E-state index contributed by atoms with van der Waals surface area (Å²) in [6.07, 6.45) is 72.9. The summed E-state index contributed by atoms with van der Waals surface area (Å²) in [5.74, 6) is -1.18. The Morgan fingerprint density at radius 1 is 0.328 bits per heavy atom. The van der Waals surface area contributed by atoms with E-state index in [2.05, 4.69) is 148 Å². The Labute approximate surface area is 391 Å². The van der Waals surface area contributed by atoms with Crippen LogP contribution in [0.5, 0.6) is 0 Å². The van der Waals surface area contributed by atoms with Crippen molar-refractivity contribution >= 4 is 17.9 Å². The van der Waals surface area contributed by atoms with Crippen molar-refractivity contribution in [3.8, 4) is 0 Å². The normalized spacial score (nSPS) is 13.4. The maximum Gasteiger partial charge on any atom is 0.306 e. The molecule has 64 heavy (non-hydrogen) atoms. The topological polar surface area (TPSA) is 78.9 Å². The summed E-state index contributed by atoms with van der Waals surface area (Å²) in [5.41, 5.74) is 0. The van der Waals surface area contributed by atoms with Crippen LogP contribution >= 0.6 is 0 Å². The molecule has 1 unspecified atom stereocenters. The van der Waals surface area contributed by atoms with E-state index in [4.69, 9.17) is 14.2 Å². The first-order valence-corrected chi connectivity index (χ1v) is 24.8. The Hall–Kier alpha value is -4.71. The second-order valence-corrected chi connectivity index (χ2v) is 15.6. The molecule has 0 aliphatic rings. The fraction of sp³-hybridized carbons (Fsp3) is 0.534. The molecule has 0 radical (unpaired) electrons. The zero-order chi connectivity index (χ0) is 46.5. The van der Waals surface area contributed by atoms with Crippen LogP contribution in [0.2, 0.25) is 0 Å². The molecule has 0 bridgehead atoms. The predicted molar refractivity (Wildman–Crippen MR) is 274 cm³/mol. The van der Waals surface area contributed by atoms with Crippen molar-refractivity contribution in [3.63, 3.8) is 0 Å². The maximum absolute atomic E-state index is 12.7. The van der Waals surface area contributed by atoms with E-state index >= 15 is 0 Å². The van der Waals surface area contributed by atoms with Crippen LogP contribution in [0.3, 0.4) is 0 Å². The molecule has 0 fully saturated rings. The van der Waals surface area contributed by atoms with Crippen molar-refractivity contribution in [2.24, 2.45) is 0 Å². The third-order valence-electron chi connectivity index (χ3n) is 9.59. The molecule has 0 heterocycles. The molecule has 1 atom stereocenters. The summed E-state index contributed by atoms with van der Waals surface area (Å²) in [7, 11) is 0. The molecule has 0 rings (SSSR count). The van der Waals surface area contributed by atoms with E-state index in [1.807, 2.05) is 18.2 Å². The largest absolute Gasteiger partial charge is 0.462 e. The van der Waals surface area contributed by atoms with Crippen LogP contribution in [0.4, 0.5) is 0 Å². The first-order chi connectivity index (χ1) is 31.5. The Kier molecular flexibility index (Phi) is 47.2. The number of hydrogen-bond donors (Lipinski definition) is 0. The van der Waals surface area contributed by atoms with Gasteiger partial charge in [-0.3, -0.25) is 14.4 Å². The van der Waals surface area contributed by atoms with Crippen LogP contribution < -0.4 is 0 Å². The lowest BCUT2D eigenvalue weighted by molar-refractivity contribution is -0.166. The third-order valence-corrected chi connectivity index (χ3v) is 9.59. The summed E-state index contributed by atoms with van der Waals surface area (Å²) in [6, 6.07) is 0. The van der Waals surface area contributed by atoms with Gasteiger partial charge in [0, 0.05) is 19.3 Å². The van der Waals surface area contributed by atoms with Gasteiger partial charge in [0.15, 0.2) is 6.10 Å². The lowest BCUT2D eigenvalue weighted by atomic mass is 10.1. The van der Waals surface area contributed by atoms with Crippen molar-refractivity contribution in [3.05, 3.63) is 146 Å². The minimum atomic E-state index is -0.868. The molecule has 0 spiro atoms. The van der Waals surface area contributed by atoms with Gasteiger partial charge >= 0.3 is 17.9 Å². The predicted octanol–water partition coefficient (Wildman–Crippen LogP) is 16.5. The van der Waals surface area contributed by atoms with Crippen LogP contribution in [-0.2, 0) is 28.6 Å². The molecule has 0 aliphatic carbocycles. The summed E-state index contributed by atoms with van der Waals surface area (Å²) in [4.78, 5) is 37.8. The van der Waals surface area contributed by atoms with Gasteiger partial charge in [0.2, 0.25) is 0 Å². The minimum Gasteiger partial charge on any atom is -0.462 e. The highest BCUT2D eigenvalue weighted by Crippen LogP contribution is 2.09. The number of carbonyl (C=O) groups excluding carboxylic acids is 3. The number of unbranched alkanes of at least 4 members (excludes halogenated alkanes) is 7. The Morgan fingerprint density at radius 3 is 1.05 bits per heavy atom. The first kappa shape index (κ1) is 59.3. The third kappa shape index (κ3) is 48.3. The van der Waals surface area contributed by atoms with Crippen molar-refractivity contribution < 1.29 is 28.6 Å². The molecule has 0 saturated heterocycles. The van der Waals surface area contributed by atoms with Gasteiger partial charge < -0.3 is 14.2 Å². The average molecular weight is 881 g/mol. The number of rotatable bonds is 42. The zero-order valence-corrected chi connectivity index (χ0v) is 40.5. The van der Waals surface area contributed by atoms with Gasteiger partial charge in [-0.1, -0.05) is 199 Å². The van der Waals surface area contributed by atoms with E-state index in [0.717, 1.165) is 83.5 Å². The summed E-state index contributed by atoms with van der Waals surface area (Å²) in [6.45, 7) is 6.20. The van der Waals surface area contributed by atoms with Crippen molar-refractivity contribution in [1.29, 1.82) is 0 Å². The van der Waals surface area contributed by atoms with Crippen LogP contribution in [-0.4, -0.2) is 37.2 Å². The van der Waals surface area contributed by atoms with Gasteiger partial charge in [-0.15, -0.1) is 0 Å². The molecular formula is C58H88O6. The van der Waals surface area contributed by atoms with Crippen LogP contribution in [0.15, 0.2) is 146 Å². The molecular weight excluding hydrogens is 793 g/mol. The quantitative estimate of drug-likeness (QED) is 0.0263. The minimum absolute atomic E-state index is 0.161. The van der Waals surface area contributed by atoms with Crippen molar-refractivity contribution in [1.82, 2.24) is 0 Å². The Bertz CT molecular complexity index is 1480. The molecule has 0 aliphatic heterocycles. The number of esters is 3. The van der Waals surface area contributed by atoms with Gasteiger partial charge in [0.25, 0.3) is 0 Å². The molecule has 0 aromatic carbocycles. The second kappa shape index (κ2) is 50.9. The van der Waals surface area contributed by atoms with Gasteiger partial charge in [-0.05, 0) is 109 Å². The Balaban J connectivity index is 4.69. The van der Waals surface area contributed by atoms with E-state index in [0.29, 0.717) is 19.3 Å². The molecule has 6 nitrogen and oxygen atoms in total. The molecule has 0 amide bonds. The second-order valence-electron chi connectivity index (χ2n) is 15.6. The molecule has 0 aromatic rings.